The molecule has 0 amide bonds. The Kier molecular flexibility index (Phi) is 3.24. The van der Waals surface area contributed by atoms with E-state index in [4.69, 9.17) is 16.3 Å². The van der Waals surface area contributed by atoms with Crippen LogP contribution in [0.5, 0.6) is 0 Å². The van der Waals surface area contributed by atoms with E-state index >= 15 is 0 Å². The Hall–Kier alpha value is -1.46. The highest BCUT2D eigenvalue weighted by molar-refractivity contribution is 6.30. The second kappa shape index (κ2) is 5.03. The van der Waals surface area contributed by atoms with Crippen LogP contribution in [0.3, 0.4) is 0 Å². The van der Waals surface area contributed by atoms with E-state index in [1.54, 1.807) is 18.3 Å². The van der Waals surface area contributed by atoms with Gasteiger partial charge in [0.05, 0.1) is 0 Å². The van der Waals surface area contributed by atoms with Crippen LogP contribution in [0.1, 0.15) is 29.7 Å². The summed E-state index contributed by atoms with van der Waals surface area (Å²) in [6.07, 6.45) is 3.24. The zero-order valence-corrected chi connectivity index (χ0v) is 12.8. The minimum absolute atomic E-state index is 0.433. The van der Waals surface area contributed by atoms with Crippen LogP contribution in [0.15, 0.2) is 42.6 Å². The van der Waals surface area contributed by atoms with Gasteiger partial charge in [0.15, 0.2) is 0 Å². The minimum atomic E-state index is -1.54. The lowest BCUT2D eigenvalue weighted by Crippen LogP contribution is -2.42. The van der Waals surface area contributed by atoms with Crippen LogP contribution in [0, 0.1) is 0 Å². The van der Waals surface area contributed by atoms with Crippen LogP contribution in [-0.4, -0.2) is 23.2 Å². The van der Waals surface area contributed by atoms with Gasteiger partial charge in [0, 0.05) is 16.8 Å². The quantitative estimate of drug-likeness (QED) is 0.849. The second-order valence-corrected chi connectivity index (χ2v) is 6.33. The molecular formula is C17H17ClN2O2. The zero-order chi connectivity index (χ0) is 15.2. The summed E-state index contributed by atoms with van der Waals surface area (Å²) >= 11 is 6.07. The van der Waals surface area contributed by atoms with Crippen LogP contribution in [-0.2, 0) is 16.1 Å². The lowest BCUT2D eigenvalue weighted by molar-refractivity contribution is -0.242. The fourth-order valence-corrected chi connectivity index (χ4v) is 3.71. The van der Waals surface area contributed by atoms with Gasteiger partial charge in [-0.3, -0.25) is 4.98 Å². The number of nitrogens with one attached hydrogen (secondary N) is 1. The number of fused-ring (bicyclic) bond motifs is 2. The van der Waals surface area contributed by atoms with Crippen LogP contribution in [0.25, 0.3) is 0 Å². The molecule has 1 aromatic heterocycles. The van der Waals surface area contributed by atoms with Gasteiger partial charge in [0.2, 0.25) is 5.79 Å². The van der Waals surface area contributed by atoms with E-state index in [1.807, 2.05) is 24.3 Å². The molecule has 0 radical (unpaired) electrons. The van der Waals surface area contributed by atoms with Crippen molar-refractivity contribution in [2.75, 3.05) is 13.1 Å². The first-order valence-corrected chi connectivity index (χ1v) is 7.87. The van der Waals surface area contributed by atoms with Crippen molar-refractivity contribution in [3.8, 4) is 0 Å². The first-order valence-electron chi connectivity index (χ1n) is 7.49. The van der Waals surface area contributed by atoms with Crippen molar-refractivity contribution >= 4 is 11.6 Å². The third-order valence-corrected chi connectivity index (χ3v) is 4.84. The molecule has 4 nitrogen and oxygen atoms in total. The molecule has 1 saturated heterocycles. The number of hydrogen-bond donors (Lipinski definition) is 2. The van der Waals surface area contributed by atoms with Crippen molar-refractivity contribution in [1.29, 1.82) is 0 Å². The Morgan fingerprint density at radius 3 is 2.59 bits per heavy atom. The molecule has 114 valence electrons. The van der Waals surface area contributed by atoms with Gasteiger partial charge >= 0.3 is 0 Å². The number of ether oxygens (including phenoxy) is 1. The summed E-state index contributed by atoms with van der Waals surface area (Å²) in [5, 5.41) is 15.2. The van der Waals surface area contributed by atoms with Crippen LogP contribution in [0.2, 0.25) is 5.02 Å². The van der Waals surface area contributed by atoms with Gasteiger partial charge in [-0.25, -0.2) is 0 Å². The summed E-state index contributed by atoms with van der Waals surface area (Å²) in [4.78, 5) is 4.30. The van der Waals surface area contributed by atoms with Crippen molar-refractivity contribution in [1.82, 2.24) is 10.3 Å². The summed E-state index contributed by atoms with van der Waals surface area (Å²) in [6.45, 7) is 1.74. The molecule has 1 unspecified atom stereocenters. The molecule has 2 aromatic rings. The molecule has 5 heteroatoms. The predicted molar refractivity (Wildman–Crippen MR) is 83.6 cm³/mol. The third kappa shape index (κ3) is 1.99. The van der Waals surface area contributed by atoms with Gasteiger partial charge in [0.1, 0.15) is 11.3 Å². The van der Waals surface area contributed by atoms with E-state index in [1.165, 1.54) is 0 Å². The Morgan fingerprint density at radius 1 is 1.14 bits per heavy atom. The Balaban J connectivity index is 1.88. The van der Waals surface area contributed by atoms with Gasteiger partial charge in [0.25, 0.3) is 0 Å². The molecular weight excluding hydrogens is 300 g/mol. The molecule has 2 aliphatic heterocycles. The van der Waals surface area contributed by atoms with E-state index in [2.05, 4.69) is 10.3 Å². The number of aromatic nitrogens is 1. The average molecular weight is 317 g/mol. The zero-order valence-electron chi connectivity index (χ0n) is 12.1. The molecule has 0 saturated carbocycles. The summed E-state index contributed by atoms with van der Waals surface area (Å²) in [5.41, 5.74) is 1.80. The van der Waals surface area contributed by atoms with Gasteiger partial charge in [-0.1, -0.05) is 35.9 Å². The molecule has 2 aliphatic rings. The first-order chi connectivity index (χ1) is 10.6. The topological polar surface area (TPSA) is 54.4 Å². The van der Waals surface area contributed by atoms with E-state index in [9.17, 15) is 5.11 Å². The maximum atomic E-state index is 11.3. The summed E-state index contributed by atoms with van der Waals surface area (Å²) in [6, 6.07) is 11.2. The highest BCUT2D eigenvalue weighted by Crippen LogP contribution is 2.52. The first kappa shape index (κ1) is 14.2. The van der Waals surface area contributed by atoms with Crippen LogP contribution >= 0.6 is 11.6 Å². The average Bonchev–Trinajstić information content (AvgIpc) is 2.79. The fourth-order valence-electron chi connectivity index (χ4n) is 3.55. The second-order valence-electron chi connectivity index (χ2n) is 5.90. The summed E-state index contributed by atoms with van der Waals surface area (Å²) in [7, 11) is 0. The molecule has 3 heterocycles. The highest BCUT2D eigenvalue weighted by Gasteiger charge is 2.54. The van der Waals surface area contributed by atoms with Crippen molar-refractivity contribution < 1.29 is 9.84 Å². The number of halogens is 1. The number of rotatable bonds is 1. The fraction of sp³-hybridized carbons (Fsp3) is 0.353. The third-order valence-electron chi connectivity index (χ3n) is 4.61. The maximum absolute atomic E-state index is 11.3. The van der Waals surface area contributed by atoms with Gasteiger partial charge in [-0.2, -0.15) is 0 Å². The molecule has 1 atom stereocenters. The largest absolute Gasteiger partial charge is 0.357 e. The number of aliphatic hydroxyl groups is 1. The van der Waals surface area contributed by atoms with Crippen molar-refractivity contribution in [3.63, 3.8) is 0 Å². The van der Waals surface area contributed by atoms with Crippen LogP contribution < -0.4 is 5.32 Å². The van der Waals surface area contributed by atoms with Gasteiger partial charge in [-0.05, 0) is 43.6 Å². The Bertz CT molecular complexity index is 715. The lowest BCUT2D eigenvalue weighted by Gasteiger charge is -2.36. The molecule has 1 fully saturated rings. The number of nitrogens with zero attached hydrogens (tertiary/aromatic N) is 1. The molecule has 4 rings (SSSR count). The monoisotopic (exact) mass is 316 g/mol. The number of piperidine rings is 1. The Labute approximate surface area is 134 Å². The molecule has 1 spiro atoms. The summed E-state index contributed by atoms with van der Waals surface area (Å²) < 4.78 is 6.28. The van der Waals surface area contributed by atoms with Crippen molar-refractivity contribution in [2.45, 2.75) is 24.2 Å². The molecule has 22 heavy (non-hydrogen) atoms. The molecule has 1 aromatic carbocycles. The minimum Gasteiger partial charge on any atom is -0.357 e. The number of benzene rings is 1. The van der Waals surface area contributed by atoms with E-state index in [0.29, 0.717) is 10.7 Å². The predicted octanol–water partition coefficient (Wildman–Crippen LogP) is 2.54. The van der Waals surface area contributed by atoms with E-state index < -0.39 is 11.4 Å². The molecule has 0 bridgehead atoms. The SMILES string of the molecule is OC1(c2cc(Cl)ccn2)OC2(CCNCC2)c2ccccc21. The van der Waals surface area contributed by atoms with E-state index in [-0.39, 0.29) is 0 Å². The number of hydrogen-bond acceptors (Lipinski definition) is 4. The lowest BCUT2D eigenvalue weighted by atomic mass is 9.83. The van der Waals surface area contributed by atoms with Crippen molar-refractivity contribution in [2.24, 2.45) is 0 Å². The van der Waals surface area contributed by atoms with Crippen LogP contribution in [0.4, 0.5) is 0 Å². The van der Waals surface area contributed by atoms with Gasteiger partial charge in [-0.15, -0.1) is 0 Å². The van der Waals surface area contributed by atoms with Crippen molar-refractivity contribution in [3.05, 3.63) is 64.4 Å². The normalized spacial score (nSPS) is 26.1. The maximum Gasteiger partial charge on any atom is 0.238 e. The highest BCUT2D eigenvalue weighted by atomic mass is 35.5. The standard InChI is InChI=1S/C17H17ClN2O2/c18-12-5-8-20-15(11-12)17(21)14-4-2-1-3-13(14)16(22-17)6-9-19-10-7-16/h1-5,8,11,19,21H,6-7,9-10H2. The summed E-state index contributed by atoms with van der Waals surface area (Å²) in [5.74, 6) is -1.54. The van der Waals surface area contributed by atoms with E-state index in [0.717, 1.165) is 37.1 Å². The van der Waals surface area contributed by atoms with Gasteiger partial charge < -0.3 is 15.2 Å². The molecule has 2 N–H and O–H groups in total. The molecule has 0 aliphatic carbocycles. The Morgan fingerprint density at radius 2 is 1.86 bits per heavy atom. The number of pyridine rings is 1. The smallest absolute Gasteiger partial charge is 0.238 e.